The number of pyridine rings is 1. The van der Waals surface area contributed by atoms with Gasteiger partial charge in [0.15, 0.2) is 0 Å². The summed E-state index contributed by atoms with van der Waals surface area (Å²) in [5.41, 5.74) is 0.358. The van der Waals surface area contributed by atoms with Crippen molar-refractivity contribution in [1.29, 1.82) is 0 Å². The van der Waals surface area contributed by atoms with Gasteiger partial charge in [-0.1, -0.05) is 0 Å². The second-order valence-corrected chi connectivity index (χ2v) is 6.85. The largest absolute Gasteiger partial charge is 0.462 e. The fraction of sp³-hybridized carbons (Fsp3) is 0.421. The van der Waals surface area contributed by atoms with Gasteiger partial charge in [-0.2, -0.15) is 0 Å². The number of rotatable bonds is 4. The van der Waals surface area contributed by atoms with Crippen molar-refractivity contribution in [1.82, 2.24) is 10.3 Å². The van der Waals surface area contributed by atoms with Crippen molar-refractivity contribution in [2.75, 3.05) is 6.61 Å². The van der Waals surface area contributed by atoms with Gasteiger partial charge in [-0.3, -0.25) is 0 Å². The molecule has 0 radical (unpaired) electrons. The lowest BCUT2D eigenvalue weighted by Gasteiger charge is -2.22. The van der Waals surface area contributed by atoms with Gasteiger partial charge in [-0.15, -0.1) is 0 Å². The maximum Gasteiger partial charge on any atom is 0.408 e. The number of amides is 1. The van der Waals surface area contributed by atoms with Crippen molar-refractivity contribution >= 4 is 23.0 Å². The second-order valence-electron chi connectivity index (χ2n) is 6.85. The van der Waals surface area contributed by atoms with Crippen molar-refractivity contribution in [2.45, 2.75) is 46.3 Å². The number of ether oxygens (including phenoxy) is 2. The third-order valence-corrected chi connectivity index (χ3v) is 3.45. The number of hydrogen-bond donors (Lipinski definition) is 1. The van der Waals surface area contributed by atoms with E-state index in [9.17, 15) is 14.0 Å². The van der Waals surface area contributed by atoms with E-state index in [0.29, 0.717) is 16.6 Å². The van der Waals surface area contributed by atoms with E-state index >= 15 is 0 Å². The van der Waals surface area contributed by atoms with Crippen molar-refractivity contribution in [2.24, 2.45) is 0 Å². The number of carbonyl (C=O) groups excluding carboxylic acids is 2. The van der Waals surface area contributed by atoms with E-state index < -0.39 is 29.5 Å². The maximum atomic E-state index is 13.5. The molecule has 0 saturated carbocycles. The van der Waals surface area contributed by atoms with Crippen LogP contribution in [0.1, 0.15) is 56.7 Å². The number of carbonyl (C=O) groups is 2. The minimum atomic E-state index is -0.651. The molecule has 140 valence electrons. The molecule has 6 nitrogen and oxygen atoms in total. The number of esters is 1. The quantitative estimate of drug-likeness (QED) is 0.827. The SMILES string of the molecule is CCOC(=O)c1cc2cc(F)ccc2nc1C(C)NC(=O)OC(C)(C)C. The van der Waals surface area contributed by atoms with Gasteiger partial charge in [0, 0.05) is 5.39 Å². The third kappa shape index (κ3) is 4.91. The van der Waals surface area contributed by atoms with Crippen molar-refractivity contribution in [3.05, 3.63) is 41.3 Å². The first-order valence-electron chi connectivity index (χ1n) is 8.37. The zero-order valence-electron chi connectivity index (χ0n) is 15.6. The van der Waals surface area contributed by atoms with Crippen molar-refractivity contribution in [3.63, 3.8) is 0 Å². The van der Waals surface area contributed by atoms with Crippen LogP contribution in [0.25, 0.3) is 10.9 Å². The van der Waals surface area contributed by atoms with E-state index in [1.807, 2.05) is 0 Å². The first-order valence-corrected chi connectivity index (χ1v) is 8.37. The second kappa shape index (κ2) is 7.68. The van der Waals surface area contributed by atoms with E-state index in [2.05, 4.69) is 10.3 Å². The highest BCUT2D eigenvalue weighted by Crippen LogP contribution is 2.24. The van der Waals surface area contributed by atoms with Crippen LogP contribution in [0.5, 0.6) is 0 Å². The molecule has 0 aliphatic heterocycles. The average molecular weight is 362 g/mol. The Bertz CT molecular complexity index is 830. The Hall–Kier alpha value is -2.70. The standard InChI is InChI=1S/C19H23FN2O4/c1-6-25-17(23)14-10-12-9-13(20)7-8-15(12)22-16(14)11(2)21-18(24)26-19(3,4)5/h7-11H,6H2,1-5H3,(H,21,24). The minimum Gasteiger partial charge on any atom is -0.462 e. The molecule has 2 aromatic rings. The van der Waals surface area contributed by atoms with E-state index in [4.69, 9.17) is 9.47 Å². The highest BCUT2D eigenvalue weighted by molar-refractivity contribution is 5.95. The number of halogens is 1. The summed E-state index contributed by atoms with van der Waals surface area (Å²) in [5, 5.41) is 3.13. The number of aromatic nitrogens is 1. The summed E-state index contributed by atoms with van der Waals surface area (Å²) in [7, 11) is 0. The normalized spacial score (nSPS) is 12.5. The molecule has 0 fully saturated rings. The maximum absolute atomic E-state index is 13.5. The van der Waals surface area contributed by atoms with Crippen LogP contribution < -0.4 is 5.32 Å². The summed E-state index contributed by atoms with van der Waals surface area (Å²) >= 11 is 0. The number of nitrogens with one attached hydrogen (secondary N) is 1. The number of hydrogen-bond acceptors (Lipinski definition) is 5. The Morgan fingerprint density at radius 1 is 1.27 bits per heavy atom. The predicted octanol–water partition coefficient (Wildman–Crippen LogP) is 4.14. The Balaban J connectivity index is 2.42. The number of benzene rings is 1. The zero-order chi connectivity index (χ0) is 19.5. The highest BCUT2D eigenvalue weighted by atomic mass is 19.1. The molecule has 0 aliphatic carbocycles. The van der Waals surface area contributed by atoms with Crippen LogP contribution in [0.4, 0.5) is 9.18 Å². The molecular formula is C19H23FN2O4. The van der Waals surface area contributed by atoms with Gasteiger partial charge in [-0.25, -0.2) is 19.0 Å². The summed E-state index contributed by atoms with van der Waals surface area (Å²) in [6.45, 7) is 8.82. The first kappa shape index (κ1) is 19.6. The topological polar surface area (TPSA) is 77.5 Å². The van der Waals surface area contributed by atoms with Gasteiger partial charge in [0.25, 0.3) is 0 Å². The van der Waals surface area contributed by atoms with E-state index in [1.54, 1.807) is 34.6 Å². The smallest absolute Gasteiger partial charge is 0.408 e. The number of fused-ring (bicyclic) bond motifs is 1. The Kier molecular flexibility index (Phi) is 5.79. The lowest BCUT2D eigenvalue weighted by atomic mass is 10.0. The molecule has 1 unspecified atom stereocenters. The molecule has 1 N–H and O–H groups in total. The summed E-state index contributed by atoms with van der Waals surface area (Å²) in [4.78, 5) is 28.8. The fourth-order valence-electron chi connectivity index (χ4n) is 2.42. The van der Waals surface area contributed by atoms with Gasteiger partial charge in [0.05, 0.1) is 29.4 Å². The van der Waals surface area contributed by atoms with Gasteiger partial charge in [0.2, 0.25) is 0 Å². The number of alkyl carbamates (subject to hydrolysis) is 1. The molecule has 2 rings (SSSR count). The van der Waals surface area contributed by atoms with Crippen LogP contribution in [0.15, 0.2) is 24.3 Å². The van der Waals surface area contributed by atoms with Crippen molar-refractivity contribution < 1.29 is 23.5 Å². The molecule has 1 aromatic heterocycles. The zero-order valence-corrected chi connectivity index (χ0v) is 15.6. The predicted molar refractivity (Wildman–Crippen MR) is 95.4 cm³/mol. The summed E-state index contributed by atoms with van der Waals surface area (Å²) in [6.07, 6.45) is -0.624. The first-order chi connectivity index (χ1) is 12.1. The molecule has 0 spiro atoms. The molecule has 26 heavy (non-hydrogen) atoms. The molecule has 0 saturated heterocycles. The summed E-state index contributed by atoms with van der Waals surface area (Å²) in [6, 6.07) is 5.00. The van der Waals surface area contributed by atoms with Gasteiger partial charge in [-0.05, 0) is 58.9 Å². The van der Waals surface area contributed by atoms with E-state index in [1.165, 1.54) is 24.3 Å². The lowest BCUT2D eigenvalue weighted by molar-refractivity contribution is 0.0488. The fourth-order valence-corrected chi connectivity index (χ4v) is 2.42. The Morgan fingerprint density at radius 3 is 2.58 bits per heavy atom. The molecule has 1 amide bonds. The molecule has 1 aromatic carbocycles. The summed E-state index contributed by atoms with van der Waals surface area (Å²) in [5.74, 6) is -1.01. The summed E-state index contributed by atoms with van der Waals surface area (Å²) < 4.78 is 23.8. The van der Waals surface area contributed by atoms with Crippen LogP contribution in [-0.2, 0) is 9.47 Å². The molecule has 0 bridgehead atoms. The third-order valence-electron chi connectivity index (χ3n) is 3.45. The van der Waals surface area contributed by atoms with Crippen LogP contribution in [0.2, 0.25) is 0 Å². The minimum absolute atomic E-state index is 0.175. The van der Waals surface area contributed by atoms with E-state index in [0.717, 1.165) is 0 Å². The van der Waals surface area contributed by atoms with Gasteiger partial charge < -0.3 is 14.8 Å². The molecule has 1 heterocycles. The monoisotopic (exact) mass is 362 g/mol. The van der Waals surface area contributed by atoms with Crippen LogP contribution in [0, 0.1) is 5.82 Å². The molecule has 0 aliphatic rings. The van der Waals surface area contributed by atoms with E-state index in [-0.39, 0.29) is 12.2 Å². The van der Waals surface area contributed by atoms with Gasteiger partial charge in [0.1, 0.15) is 11.4 Å². The molecule has 1 atom stereocenters. The number of nitrogens with zero attached hydrogens (tertiary/aromatic N) is 1. The van der Waals surface area contributed by atoms with Crippen molar-refractivity contribution in [3.8, 4) is 0 Å². The Morgan fingerprint density at radius 2 is 1.96 bits per heavy atom. The van der Waals surface area contributed by atoms with Gasteiger partial charge >= 0.3 is 12.1 Å². The highest BCUT2D eigenvalue weighted by Gasteiger charge is 2.24. The van der Waals surface area contributed by atoms with Crippen LogP contribution in [-0.4, -0.2) is 29.3 Å². The molecular weight excluding hydrogens is 339 g/mol. The molecule has 7 heteroatoms. The lowest BCUT2D eigenvalue weighted by Crippen LogP contribution is -2.34. The van der Waals surface area contributed by atoms with Crippen LogP contribution in [0.3, 0.4) is 0 Å². The Labute approximate surface area is 151 Å². The van der Waals surface area contributed by atoms with Crippen LogP contribution >= 0.6 is 0 Å². The average Bonchev–Trinajstić information content (AvgIpc) is 2.51.